The van der Waals surface area contributed by atoms with Crippen LogP contribution in [0.1, 0.15) is 0 Å². The molecule has 0 fully saturated rings. The van der Waals surface area contributed by atoms with Crippen LogP contribution in [0.4, 0.5) is 0 Å². The van der Waals surface area contributed by atoms with Crippen LogP contribution in [0.5, 0.6) is 0 Å². The van der Waals surface area contributed by atoms with Gasteiger partial charge in [0.05, 0.1) is 0 Å². The predicted molar refractivity (Wildman–Crippen MR) is 11.5 cm³/mol. The maximum absolute atomic E-state index is 0. The van der Waals surface area contributed by atoms with Crippen LogP contribution in [0.2, 0.25) is 0 Å². The Labute approximate surface area is 132 Å². The molecule has 0 aromatic carbocycles. The van der Waals surface area contributed by atoms with Gasteiger partial charge in [0.2, 0.25) is 0 Å². The van der Waals surface area contributed by atoms with Crippen LogP contribution < -0.4 is 0 Å². The maximum atomic E-state index is 0. The third-order valence-electron chi connectivity index (χ3n) is 0. The molecular formula is CaLaMnSr. The average Bonchev–Trinajstić information content (AvgIpc) is 0. The molecule has 0 nitrogen and oxygen atoms in total. The largest absolute Gasteiger partial charge is 0 e. The second-order valence-electron chi connectivity index (χ2n) is 0. The molecule has 0 atom stereocenters. The standard InChI is InChI=1S/Ca.La.Mn.Sr. The number of hydrogen-bond acceptors (Lipinski definition) is 0. The van der Waals surface area contributed by atoms with Crippen LogP contribution in [-0.2, 0) is 17.1 Å². The normalized spacial score (nSPS) is 0. The fourth-order valence-corrected chi connectivity index (χ4v) is 0. The SMILES string of the molecule is [Ca].[La].[Mn].[Sr]. The van der Waals surface area contributed by atoms with Gasteiger partial charge in [0, 0.05) is 136 Å². The van der Waals surface area contributed by atoms with Crippen LogP contribution in [-0.4, -0.2) is 83.2 Å². The Balaban J connectivity index is 0. The summed E-state index contributed by atoms with van der Waals surface area (Å²) in [7, 11) is 0. The van der Waals surface area contributed by atoms with Crippen LogP contribution in [0.3, 0.4) is 0 Å². The Bertz CT molecular complexity index is 8.00. The van der Waals surface area contributed by atoms with Crippen molar-refractivity contribution in [3.05, 3.63) is 0 Å². The molecule has 0 aromatic heterocycles. The van der Waals surface area contributed by atoms with E-state index in [2.05, 4.69) is 0 Å². The van der Waals surface area contributed by atoms with E-state index in [1.807, 2.05) is 0 Å². The molecule has 4 heavy (non-hydrogen) atoms. The van der Waals surface area contributed by atoms with Gasteiger partial charge < -0.3 is 0 Å². The van der Waals surface area contributed by atoms with Gasteiger partial charge >= 0.3 is 0 Å². The molecular weight excluding hydrogens is 322 g/mol. The summed E-state index contributed by atoms with van der Waals surface area (Å²) in [5.41, 5.74) is 0. The molecule has 0 saturated carbocycles. The first-order valence-electron chi connectivity index (χ1n) is 0. The zero-order valence-electron chi connectivity index (χ0n) is 2.37. The van der Waals surface area contributed by atoms with E-state index in [4.69, 9.17) is 0 Å². The Morgan fingerprint density at radius 3 is 1.00 bits per heavy atom. The zero-order chi connectivity index (χ0) is 0. The molecule has 0 rings (SSSR count). The monoisotopic (exact) mass is 322 g/mol. The number of hydrogen-bond donors (Lipinski definition) is 0. The fourth-order valence-electron chi connectivity index (χ4n) is 0. The van der Waals surface area contributed by atoms with E-state index < -0.39 is 0 Å². The third kappa shape index (κ3) is 9.68. The Morgan fingerprint density at radius 1 is 1.00 bits per heavy atom. The second kappa shape index (κ2) is 15.7. The first-order chi connectivity index (χ1) is 0. The summed E-state index contributed by atoms with van der Waals surface area (Å²) >= 11 is 0. The van der Waals surface area contributed by atoms with Gasteiger partial charge in [-0.2, -0.15) is 0 Å². The summed E-state index contributed by atoms with van der Waals surface area (Å²) in [5.74, 6) is 0. The summed E-state index contributed by atoms with van der Waals surface area (Å²) in [6.45, 7) is 0. The van der Waals surface area contributed by atoms with Gasteiger partial charge in [-0.15, -0.1) is 0 Å². The third-order valence-corrected chi connectivity index (χ3v) is 0. The summed E-state index contributed by atoms with van der Waals surface area (Å²) in [5, 5.41) is 0. The van der Waals surface area contributed by atoms with Gasteiger partial charge in [-0.05, 0) is 0 Å². The molecule has 0 aliphatic rings. The molecule has 0 spiro atoms. The number of rotatable bonds is 0. The summed E-state index contributed by atoms with van der Waals surface area (Å²) in [4.78, 5) is 0. The molecule has 14 valence electrons. The Morgan fingerprint density at radius 2 is 1.00 bits per heavy atom. The topological polar surface area (TPSA) is 0 Å². The fraction of sp³-hybridized carbons (Fsp3) is 0. The van der Waals surface area contributed by atoms with Gasteiger partial charge in [-0.25, -0.2) is 0 Å². The van der Waals surface area contributed by atoms with E-state index in [1.54, 1.807) is 0 Å². The van der Waals surface area contributed by atoms with Gasteiger partial charge in [-0.3, -0.25) is 0 Å². The van der Waals surface area contributed by atoms with Gasteiger partial charge in [-0.1, -0.05) is 0 Å². The molecule has 0 unspecified atom stereocenters. The molecule has 0 aromatic rings. The molecule has 6 radical (unpaired) electrons. The van der Waals surface area contributed by atoms with Crippen molar-refractivity contribution in [2.24, 2.45) is 0 Å². The predicted octanol–water partition coefficient (Wildman–Crippen LogP) is -0.764. The van der Waals surface area contributed by atoms with E-state index >= 15 is 0 Å². The molecule has 0 bridgehead atoms. The van der Waals surface area contributed by atoms with E-state index in [9.17, 15) is 0 Å². The molecule has 0 aliphatic heterocycles. The van der Waals surface area contributed by atoms with Crippen LogP contribution in [0.25, 0.3) is 0 Å². The minimum absolute atomic E-state index is 0. The second-order valence-corrected chi connectivity index (χ2v) is 0. The minimum Gasteiger partial charge on any atom is 0 e. The Hall–Kier alpha value is 4.45. The van der Waals surface area contributed by atoms with Crippen molar-refractivity contribution >= 4 is 83.2 Å². The van der Waals surface area contributed by atoms with Crippen molar-refractivity contribution < 1.29 is 52.7 Å². The van der Waals surface area contributed by atoms with Crippen molar-refractivity contribution in [2.45, 2.75) is 0 Å². The molecule has 0 aliphatic carbocycles. The first-order valence-corrected chi connectivity index (χ1v) is 0. The van der Waals surface area contributed by atoms with E-state index in [1.165, 1.54) is 0 Å². The summed E-state index contributed by atoms with van der Waals surface area (Å²) in [6, 6.07) is 0. The minimum atomic E-state index is 0. The molecule has 0 saturated heterocycles. The molecule has 0 amide bonds. The quantitative estimate of drug-likeness (QED) is 0.515. The van der Waals surface area contributed by atoms with Crippen molar-refractivity contribution in [1.82, 2.24) is 0 Å². The smallest absolute Gasteiger partial charge is 0 e. The van der Waals surface area contributed by atoms with E-state index in [-0.39, 0.29) is 136 Å². The molecule has 4 heteroatoms. The van der Waals surface area contributed by atoms with Crippen molar-refractivity contribution in [3.63, 3.8) is 0 Å². The van der Waals surface area contributed by atoms with Crippen LogP contribution in [0.15, 0.2) is 0 Å². The van der Waals surface area contributed by atoms with Gasteiger partial charge in [0.15, 0.2) is 0 Å². The van der Waals surface area contributed by atoms with E-state index in [0.29, 0.717) is 0 Å². The van der Waals surface area contributed by atoms with Crippen LogP contribution >= 0.6 is 0 Å². The first kappa shape index (κ1) is 23.7. The van der Waals surface area contributed by atoms with Crippen molar-refractivity contribution in [1.29, 1.82) is 0 Å². The molecule has 0 N–H and O–H groups in total. The maximum Gasteiger partial charge on any atom is 0 e. The summed E-state index contributed by atoms with van der Waals surface area (Å²) in [6.07, 6.45) is 0. The Kier molecular flexibility index (Phi) is 92.6. The van der Waals surface area contributed by atoms with Gasteiger partial charge in [0.25, 0.3) is 0 Å². The van der Waals surface area contributed by atoms with E-state index in [0.717, 1.165) is 0 Å². The summed E-state index contributed by atoms with van der Waals surface area (Å²) < 4.78 is 0. The van der Waals surface area contributed by atoms with Gasteiger partial charge in [0.1, 0.15) is 0 Å². The van der Waals surface area contributed by atoms with Crippen molar-refractivity contribution in [3.8, 4) is 0 Å². The molecule has 0 heterocycles. The van der Waals surface area contributed by atoms with Crippen LogP contribution in [0, 0.1) is 35.6 Å². The average molecular weight is 322 g/mol. The zero-order valence-corrected chi connectivity index (χ0v) is 12.9. The van der Waals surface area contributed by atoms with Crippen molar-refractivity contribution in [2.75, 3.05) is 0 Å².